The van der Waals surface area contributed by atoms with Gasteiger partial charge >= 0.3 is 0 Å². The number of hydrogen-bond acceptors (Lipinski definition) is 4. The average Bonchev–Trinajstić information content (AvgIpc) is 2.36. The second kappa shape index (κ2) is 7.66. The van der Waals surface area contributed by atoms with Gasteiger partial charge < -0.3 is 9.47 Å². The van der Waals surface area contributed by atoms with Gasteiger partial charge in [-0.3, -0.25) is 9.00 Å². The Hall–Kier alpha value is -0.720. The van der Waals surface area contributed by atoms with Crippen LogP contribution in [-0.4, -0.2) is 42.3 Å². The van der Waals surface area contributed by atoms with Crippen molar-refractivity contribution >= 4 is 32.5 Å². The normalized spacial score (nSPS) is 12.2. The lowest BCUT2D eigenvalue weighted by molar-refractivity contribution is 0.102. The molecule has 4 nitrogen and oxygen atoms in total. The Morgan fingerprint density at radius 3 is 2.67 bits per heavy atom. The lowest BCUT2D eigenvalue weighted by atomic mass is 10.1. The van der Waals surface area contributed by atoms with Gasteiger partial charge in [0.25, 0.3) is 0 Å². The Bertz CT molecular complexity index is 448. The van der Waals surface area contributed by atoms with Gasteiger partial charge in [0, 0.05) is 29.2 Å². The lowest BCUT2D eigenvalue weighted by Gasteiger charge is -2.06. The lowest BCUT2D eigenvalue weighted by Crippen LogP contribution is -2.15. The van der Waals surface area contributed by atoms with E-state index < -0.39 is 10.8 Å². The molecule has 0 heterocycles. The molecule has 0 bridgehead atoms. The first-order valence-corrected chi connectivity index (χ1v) is 7.57. The van der Waals surface area contributed by atoms with Gasteiger partial charge in [-0.25, -0.2) is 0 Å². The second-order valence-corrected chi connectivity index (χ2v) is 5.98. The molecular weight excluding hydrogens is 320 g/mol. The summed E-state index contributed by atoms with van der Waals surface area (Å²) < 4.78 is 22.2. The van der Waals surface area contributed by atoms with E-state index in [0.29, 0.717) is 28.1 Å². The molecule has 1 aromatic rings. The summed E-state index contributed by atoms with van der Waals surface area (Å²) in [5.74, 6) is 0.904. The van der Waals surface area contributed by atoms with E-state index in [1.165, 1.54) is 0 Å². The van der Waals surface area contributed by atoms with Gasteiger partial charge in [0.1, 0.15) is 5.75 Å². The predicted molar refractivity (Wildman–Crippen MR) is 74.8 cm³/mol. The number of carbonyl (C=O) groups excluding carboxylic acids is 1. The van der Waals surface area contributed by atoms with Gasteiger partial charge in [-0.15, -0.1) is 0 Å². The molecule has 0 aromatic heterocycles. The first-order chi connectivity index (χ1) is 8.58. The molecule has 1 rings (SSSR count). The Kier molecular flexibility index (Phi) is 6.52. The fourth-order valence-corrected chi connectivity index (χ4v) is 2.81. The molecule has 1 atom stereocenters. The maximum absolute atomic E-state index is 11.9. The Balaban J connectivity index is 2.67. The number of benzene rings is 1. The summed E-state index contributed by atoms with van der Waals surface area (Å²) in [6.07, 6.45) is 0. The van der Waals surface area contributed by atoms with Crippen molar-refractivity contribution in [2.45, 2.75) is 0 Å². The van der Waals surface area contributed by atoms with Crippen LogP contribution in [0.4, 0.5) is 0 Å². The van der Waals surface area contributed by atoms with Gasteiger partial charge in [-0.2, -0.15) is 0 Å². The van der Waals surface area contributed by atoms with E-state index in [0.717, 1.165) is 0 Å². The highest BCUT2D eigenvalue weighted by molar-refractivity contribution is 9.10. The van der Waals surface area contributed by atoms with Crippen LogP contribution in [0.2, 0.25) is 0 Å². The van der Waals surface area contributed by atoms with Crippen LogP contribution in [0.1, 0.15) is 10.4 Å². The molecule has 1 unspecified atom stereocenters. The van der Waals surface area contributed by atoms with Crippen molar-refractivity contribution in [3.05, 3.63) is 28.2 Å². The van der Waals surface area contributed by atoms with Crippen LogP contribution < -0.4 is 4.74 Å². The molecule has 18 heavy (non-hydrogen) atoms. The summed E-state index contributed by atoms with van der Waals surface area (Å²) >= 11 is 3.31. The van der Waals surface area contributed by atoms with Crippen molar-refractivity contribution in [3.63, 3.8) is 0 Å². The number of ketones is 1. The maximum Gasteiger partial charge on any atom is 0.175 e. The van der Waals surface area contributed by atoms with E-state index in [9.17, 15) is 9.00 Å². The Morgan fingerprint density at radius 2 is 2.11 bits per heavy atom. The zero-order valence-electron chi connectivity index (χ0n) is 10.3. The van der Waals surface area contributed by atoms with E-state index >= 15 is 0 Å². The van der Waals surface area contributed by atoms with Crippen molar-refractivity contribution < 1.29 is 18.5 Å². The number of ether oxygens (including phenoxy) is 2. The number of hydrogen-bond donors (Lipinski definition) is 0. The van der Waals surface area contributed by atoms with Crippen LogP contribution in [0.15, 0.2) is 22.7 Å². The summed E-state index contributed by atoms with van der Waals surface area (Å²) in [5, 5.41) is 0. The zero-order chi connectivity index (χ0) is 13.5. The van der Waals surface area contributed by atoms with E-state index in [2.05, 4.69) is 15.9 Å². The van der Waals surface area contributed by atoms with Crippen LogP contribution in [0.5, 0.6) is 5.75 Å². The number of carbonyl (C=O) groups is 1. The second-order valence-electron chi connectivity index (χ2n) is 3.55. The molecule has 0 aliphatic heterocycles. The molecule has 0 fully saturated rings. The summed E-state index contributed by atoms with van der Waals surface area (Å²) in [6, 6.07) is 5.05. The van der Waals surface area contributed by atoms with Crippen LogP contribution in [0, 0.1) is 0 Å². The molecule has 0 saturated carbocycles. The minimum absolute atomic E-state index is 0.0160. The van der Waals surface area contributed by atoms with Gasteiger partial charge in [-0.1, -0.05) is 0 Å². The maximum atomic E-state index is 11.9. The summed E-state index contributed by atoms with van der Waals surface area (Å²) in [6.45, 7) is 0.395. The van der Waals surface area contributed by atoms with E-state index in [4.69, 9.17) is 9.47 Å². The molecule has 0 saturated heterocycles. The average molecular weight is 335 g/mol. The van der Waals surface area contributed by atoms with E-state index in [-0.39, 0.29) is 11.5 Å². The molecule has 0 amide bonds. The van der Waals surface area contributed by atoms with E-state index in [1.54, 1.807) is 32.4 Å². The monoisotopic (exact) mass is 334 g/mol. The highest BCUT2D eigenvalue weighted by Gasteiger charge is 2.12. The largest absolute Gasteiger partial charge is 0.496 e. The minimum Gasteiger partial charge on any atom is -0.496 e. The molecule has 6 heteroatoms. The van der Waals surface area contributed by atoms with Gasteiger partial charge in [0.15, 0.2) is 5.78 Å². The highest BCUT2D eigenvalue weighted by atomic mass is 79.9. The quantitative estimate of drug-likeness (QED) is 0.716. The molecule has 100 valence electrons. The van der Waals surface area contributed by atoms with Gasteiger partial charge in [-0.05, 0) is 34.1 Å². The molecule has 0 radical (unpaired) electrons. The zero-order valence-corrected chi connectivity index (χ0v) is 12.7. The topological polar surface area (TPSA) is 52.6 Å². The van der Waals surface area contributed by atoms with Gasteiger partial charge in [0.2, 0.25) is 0 Å². The van der Waals surface area contributed by atoms with E-state index in [1.807, 2.05) is 0 Å². The van der Waals surface area contributed by atoms with Crippen molar-refractivity contribution in [1.82, 2.24) is 0 Å². The predicted octanol–water partition coefficient (Wildman–Crippen LogP) is 2.04. The Labute approximate surface area is 117 Å². The number of Topliss-reactive ketones (excluding diaryl/α,β-unsaturated/α-hetero) is 1. The van der Waals surface area contributed by atoms with Crippen LogP contribution in [-0.2, 0) is 15.5 Å². The fourth-order valence-electron chi connectivity index (χ4n) is 1.32. The first kappa shape index (κ1) is 15.3. The van der Waals surface area contributed by atoms with Crippen LogP contribution in [0.25, 0.3) is 0 Å². The molecule has 0 aliphatic rings. The van der Waals surface area contributed by atoms with Crippen molar-refractivity contribution in [3.8, 4) is 5.75 Å². The third-order valence-corrected chi connectivity index (χ3v) is 4.11. The third kappa shape index (κ3) is 4.51. The number of methoxy groups -OCH3 is 2. The van der Waals surface area contributed by atoms with Gasteiger partial charge in [0.05, 0.1) is 23.9 Å². The molecule has 1 aromatic carbocycles. The smallest absolute Gasteiger partial charge is 0.175 e. The van der Waals surface area contributed by atoms with Crippen molar-refractivity contribution in [1.29, 1.82) is 0 Å². The van der Waals surface area contributed by atoms with Crippen molar-refractivity contribution in [2.75, 3.05) is 32.3 Å². The summed E-state index contributed by atoms with van der Waals surface area (Å²) in [5.41, 5.74) is 0.522. The molecule has 0 aliphatic carbocycles. The molecule has 0 N–H and O–H groups in total. The molecule has 0 spiro atoms. The SMILES string of the molecule is COCCS(=O)CC(=O)c1ccc(OC)c(Br)c1. The summed E-state index contributed by atoms with van der Waals surface area (Å²) in [7, 11) is 1.91. The summed E-state index contributed by atoms with van der Waals surface area (Å²) in [4.78, 5) is 11.9. The van der Waals surface area contributed by atoms with Crippen molar-refractivity contribution in [2.24, 2.45) is 0 Å². The minimum atomic E-state index is -1.19. The van der Waals surface area contributed by atoms with Crippen LogP contribution >= 0.6 is 15.9 Å². The number of rotatable bonds is 7. The van der Waals surface area contributed by atoms with Crippen LogP contribution in [0.3, 0.4) is 0 Å². The standard InChI is InChI=1S/C12H15BrO4S/c1-16-5-6-18(15)8-11(14)9-3-4-12(17-2)10(13)7-9/h3-4,7H,5-6,8H2,1-2H3. The molecular formula is C12H15BrO4S. The first-order valence-electron chi connectivity index (χ1n) is 5.29. The highest BCUT2D eigenvalue weighted by Crippen LogP contribution is 2.25. The fraction of sp³-hybridized carbons (Fsp3) is 0.417. The number of halogens is 1. The third-order valence-electron chi connectivity index (χ3n) is 2.28. The Morgan fingerprint density at radius 1 is 1.39 bits per heavy atom.